The lowest BCUT2D eigenvalue weighted by Gasteiger charge is -2.22. The van der Waals surface area contributed by atoms with E-state index in [0.29, 0.717) is 13.2 Å². The number of hydrogen-bond donors (Lipinski definition) is 0. The Labute approximate surface area is 139 Å². The summed E-state index contributed by atoms with van der Waals surface area (Å²) < 4.78 is 5.80. The molecule has 0 unspecified atom stereocenters. The lowest BCUT2D eigenvalue weighted by atomic mass is 10.2. The largest absolute Gasteiger partial charge is 0.489 e. The molecule has 0 amide bonds. The van der Waals surface area contributed by atoms with E-state index in [0.717, 1.165) is 11.7 Å². The van der Waals surface area contributed by atoms with Gasteiger partial charge < -0.3 is 14.5 Å². The minimum atomic E-state index is 0.587. The van der Waals surface area contributed by atoms with Crippen LogP contribution in [0.5, 0.6) is 5.75 Å². The molecule has 0 saturated heterocycles. The Kier molecular flexibility index (Phi) is 6.03. The molecule has 0 fully saturated rings. The van der Waals surface area contributed by atoms with Gasteiger partial charge in [-0.05, 0) is 23.3 Å². The van der Waals surface area contributed by atoms with Crippen LogP contribution in [0.3, 0.4) is 0 Å². The third-order valence-electron chi connectivity index (χ3n) is 3.37. The van der Waals surface area contributed by atoms with Crippen molar-refractivity contribution >= 4 is 5.96 Å². The average molecular weight is 311 g/mol. The quantitative estimate of drug-likeness (QED) is 0.627. The van der Waals surface area contributed by atoms with E-state index in [2.05, 4.69) is 29.3 Å². The molecule has 0 spiro atoms. The Morgan fingerprint density at radius 1 is 0.826 bits per heavy atom. The second-order valence-electron chi connectivity index (χ2n) is 5.82. The third kappa shape index (κ3) is 5.33. The molecule has 4 heteroatoms. The number of nitrogens with zero attached hydrogens (tertiary/aromatic N) is 3. The van der Waals surface area contributed by atoms with Crippen LogP contribution < -0.4 is 4.74 Å². The highest BCUT2D eigenvalue weighted by atomic mass is 16.5. The zero-order chi connectivity index (χ0) is 16.7. The van der Waals surface area contributed by atoms with Gasteiger partial charge in [0.1, 0.15) is 12.4 Å². The minimum absolute atomic E-state index is 0.587. The number of ether oxygens (including phenoxy) is 1. The highest BCUT2D eigenvalue weighted by Crippen LogP contribution is 2.15. The molecule has 0 atom stereocenters. The molecular weight excluding hydrogens is 286 g/mol. The summed E-state index contributed by atoms with van der Waals surface area (Å²) in [6.45, 7) is 1.24. The average Bonchev–Trinajstić information content (AvgIpc) is 2.54. The molecule has 23 heavy (non-hydrogen) atoms. The van der Waals surface area contributed by atoms with Crippen LogP contribution in [0.15, 0.2) is 59.6 Å². The standard InChI is InChI=1S/C19H25N3O/c1-21(2)19(22(3)4)20-14-16-10-12-18(13-11-16)23-15-17-8-6-5-7-9-17/h5-13H,14-15H2,1-4H3. The van der Waals surface area contributed by atoms with Crippen molar-refractivity contribution in [3.05, 3.63) is 65.7 Å². The summed E-state index contributed by atoms with van der Waals surface area (Å²) in [7, 11) is 8.00. The van der Waals surface area contributed by atoms with E-state index in [1.54, 1.807) is 0 Å². The maximum absolute atomic E-state index is 5.80. The van der Waals surface area contributed by atoms with Crippen molar-refractivity contribution in [1.29, 1.82) is 0 Å². The van der Waals surface area contributed by atoms with Crippen molar-refractivity contribution in [2.24, 2.45) is 4.99 Å². The maximum atomic E-state index is 5.80. The molecule has 0 aliphatic heterocycles. The van der Waals surface area contributed by atoms with Crippen LogP contribution in [0.25, 0.3) is 0 Å². The van der Waals surface area contributed by atoms with Gasteiger partial charge >= 0.3 is 0 Å². The molecule has 2 aromatic carbocycles. The van der Waals surface area contributed by atoms with Gasteiger partial charge in [-0.15, -0.1) is 0 Å². The SMILES string of the molecule is CN(C)C(=NCc1ccc(OCc2ccccc2)cc1)N(C)C. The van der Waals surface area contributed by atoms with Crippen LogP contribution in [0.4, 0.5) is 0 Å². The lowest BCUT2D eigenvalue weighted by Crippen LogP contribution is -2.35. The van der Waals surface area contributed by atoms with Crippen LogP contribution >= 0.6 is 0 Å². The van der Waals surface area contributed by atoms with Gasteiger partial charge in [-0.25, -0.2) is 4.99 Å². The van der Waals surface area contributed by atoms with Crippen LogP contribution in [0.1, 0.15) is 11.1 Å². The molecule has 0 aliphatic carbocycles. The van der Waals surface area contributed by atoms with Gasteiger partial charge in [-0.3, -0.25) is 0 Å². The lowest BCUT2D eigenvalue weighted by molar-refractivity contribution is 0.306. The van der Waals surface area contributed by atoms with Crippen LogP contribution in [0.2, 0.25) is 0 Å². The first kappa shape index (κ1) is 16.9. The third-order valence-corrected chi connectivity index (χ3v) is 3.37. The highest BCUT2D eigenvalue weighted by molar-refractivity contribution is 5.79. The van der Waals surface area contributed by atoms with Gasteiger partial charge in [0, 0.05) is 28.2 Å². The normalized spacial score (nSPS) is 10.1. The van der Waals surface area contributed by atoms with E-state index in [1.807, 2.05) is 68.3 Å². The topological polar surface area (TPSA) is 28.1 Å². The first-order valence-corrected chi connectivity index (χ1v) is 7.71. The molecule has 2 rings (SSSR count). The van der Waals surface area contributed by atoms with Gasteiger partial charge in [0.2, 0.25) is 0 Å². The smallest absolute Gasteiger partial charge is 0.195 e. The molecule has 0 radical (unpaired) electrons. The van der Waals surface area contributed by atoms with Crippen molar-refractivity contribution in [3.63, 3.8) is 0 Å². The number of guanidine groups is 1. The molecule has 0 aromatic heterocycles. The van der Waals surface area contributed by atoms with E-state index in [9.17, 15) is 0 Å². The fraction of sp³-hybridized carbons (Fsp3) is 0.316. The molecule has 0 saturated carbocycles. The maximum Gasteiger partial charge on any atom is 0.195 e. The molecule has 0 N–H and O–H groups in total. The summed E-state index contributed by atoms with van der Waals surface area (Å²) in [4.78, 5) is 8.67. The van der Waals surface area contributed by atoms with Crippen LogP contribution in [-0.2, 0) is 13.2 Å². The summed E-state index contributed by atoms with van der Waals surface area (Å²) in [5.74, 6) is 1.83. The number of hydrogen-bond acceptors (Lipinski definition) is 2. The Balaban J connectivity index is 1.93. The van der Waals surface area contributed by atoms with Crippen molar-refractivity contribution in [1.82, 2.24) is 9.80 Å². The summed E-state index contributed by atoms with van der Waals surface area (Å²) in [6, 6.07) is 18.3. The molecule has 2 aromatic rings. The van der Waals surface area contributed by atoms with Crippen molar-refractivity contribution < 1.29 is 4.74 Å². The zero-order valence-corrected chi connectivity index (χ0v) is 14.4. The first-order chi connectivity index (χ1) is 11.1. The number of benzene rings is 2. The molecule has 0 heterocycles. The molecule has 122 valence electrons. The summed E-state index contributed by atoms with van der Waals surface area (Å²) >= 11 is 0. The van der Waals surface area contributed by atoms with Crippen molar-refractivity contribution in [2.75, 3.05) is 28.2 Å². The monoisotopic (exact) mass is 311 g/mol. The van der Waals surface area contributed by atoms with Crippen molar-refractivity contribution in [3.8, 4) is 5.75 Å². The van der Waals surface area contributed by atoms with E-state index in [-0.39, 0.29) is 0 Å². The fourth-order valence-corrected chi connectivity index (χ4v) is 2.28. The Morgan fingerprint density at radius 2 is 1.43 bits per heavy atom. The second-order valence-corrected chi connectivity index (χ2v) is 5.82. The minimum Gasteiger partial charge on any atom is -0.489 e. The van der Waals surface area contributed by atoms with Crippen LogP contribution in [0, 0.1) is 0 Å². The predicted octanol–water partition coefficient (Wildman–Crippen LogP) is 3.24. The molecule has 4 nitrogen and oxygen atoms in total. The van der Waals surface area contributed by atoms with Gasteiger partial charge in [-0.2, -0.15) is 0 Å². The second kappa shape index (κ2) is 8.22. The highest BCUT2D eigenvalue weighted by Gasteiger charge is 2.04. The summed E-state index contributed by atoms with van der Waals surface area (Å²) in [5, 5.41) is 0. The molecule has 0 aliphatic rings. The van der Waals surface area contributed by atoms with Gasteiger partial charge in [0.15, 0.2) is 5.96 Å². The summed E-state index contributed by atoms with van der Waals surface area (Å²) in [6.07, 6.45) is 0. The molecule has 0 bridgehead atoms. The van der Waals surface area contributed by atoms with Gasteiger partial charge in [-0.1, -0.05) is 42.5 Å². The molecular formula is C19H25N3O. The Morgan fingerprint density at radius 3 is 2.00 bits per heavy atom. The van der Waals surface area contributed by atoms with E-state index in [1.165, 1.54) is 11.1 Å². The first-order valence-electron chi connectivity index (χ1n) is 7.71. The van der Waals surface area contributed by atoms with Crippen molar-refractivity contribution in [2.45, 2.75) is 13.2 Å². The van der Waals surface area contributed by atoms with E-state index >= 15 is 0 Å². The number of rotatable bonds is 5. The fourth-order valence-electron chi connectivity index (χ4n) is 2.28. The Hall–Kier alpha value is -2.49. The van der Waals surface area contributed by atoms with E-state index in [4.69, 9.17) is 4.74 Å². The van der Waals surface area contributed by atoms with Gasteiger partial charge in [0.05, 0.1) is 6.54 Å². The zero-order valence-electron chi connectivity index (χ0n) is 14.4. The summed E-state index contributed by atoms with van der Waals surface area (Å²) in [5.41, 5.74) is 2.33. The van der Waals surface area contributed by atoms with Crippen LogP contribution in [-0.4, -0.2) is 44.0 Å². The van der Waals surface area contributed by atoms with E-state index < -0.39 is 0 Å². The van der Waals surface area contributed by atoms with Gasteiger partial charge in [0.25, 0.3) is 0 Å². The number of aliphatic imine (C=N–C) groups is 1. The predicted molar refractivity (Wildman–Crippen MR) is 95.7 cm³/mol. The Bertz CT molecular complexity index is 609.